The molecule has 1 aliphatic heterocycles. The molecule has 0 amide bonds. The normalized spacial score (nSPS) is 21.1. The first-order chi connectivity index (χ1) is 12.8. The van der Waals surface area contributed by atoms with Crippen LogP contribution in [0.25, 0.3) is 11.0 Å². The van der Waals surface area contributed by atoms with E-state index in [0.717, 1.165) is 35.4 Å². The van der Waals surface area contributed by atoms with Crippen LogP contribution in [0.4, 0.5) is 5.69 Å². The first-order valence-corrected chi connectivity index (χ1v) is 16.0. The highest BCUT2D eigenvalue weighted by molar-refractivity contribution is 8.05. The topological polar surface area (TPSA) is 47.4 Å². The molecule has 27 heavy (non-hydrogen) atoms. The van der Waals surface area contributed by atoms with Crippen molar-refractivity contribution in [1.82, 2.24) is 9.55 Å². The van der Waals surface area contributed by atoms with Gasteiger partial charge in [0.05, 0.1) is 10.6 Å². The van der Waals surface area contributed by atoms with Gasteiger partial charge in [-0.2, -0.15) is 0 Å². The molecule has 150 valence electrons. The summed E-state index contributed by atoms with van der Waals surface area (Å²) in [7, 11) is -3.51. The van der Waals surface area contributed by atoms with Gasteiger partial charge in [-0.25, -0.2) is 4.98 Å². The lowest BCUT2D eigenvalue weighted by Crippen LogP contribution is -2.52. The van der Waals surface area contributed by atoms with E-state index in [2.05, 4.69) is 45.8 Å². The molecule has 1 aliphatic carbocycles. The van der Waals surface area contributed by atoms with E-state index in [9.17, 15) is 4.21 Å². The minimum absolute atomic E-state index is 0.420. The largest absolute Gasteiger partial charge is 0.361 e. The van der Waals surface area contributed by atoms with Crippen LogP contribution in [0.5, 0.6) is 0 Å². The second kappa shape index (κ2) is 7.01. The van der Waals surface area contributed by atoms with Crippen molar-refractivity contribution in [2.45, 2.75) is 75.5 Å². The predicted octanol–water partition coefficient (Wildman–Crippen LogP) is 4.42. The molecule has 0 saturated heterocycles. The zero-order chi connectivity index (χ0) is 19.2. The van der Waals surface area contributed by atoms with Crippen LogP contribution in [-0.2, 0) is 21.6 Å². The van der Waals surface area contributed by atoms with Crippen LogP contribution in [0, 0.1) is 0 Å². The molecule has 2 aliphatic rings. The molecule has 2 aromatic heterocycles. The van der Waals surface area contributed by atoms with E-state index < -0.39 is 18.2 Å². The van der Waals surface area contributed by atoms with Crippen molar-refractivity contribution in [2.24, 2.45) is 0 Å². The Bertz CT molecular complexity index is 883. The Morgan fingerprint density at radius 1 is 1.26 bits per heavy atom. The van der Waals surface area contributed by atoms with E-state index in [-0.39, 0.29) is 0 Å². The number of fused-ring (bicyclic) bond motifs is 3. The van der Waals surface area contributed by atoms with Crippen molar-refractivity contribution < 1.29 is 8.95 Å². The van der Waals surface area contributed by atoms with E-state index >= 15 is 0 Å². The molecule has 5 nitrogen and oxygen atoms in total. The monoisotopic (exact) mass is 407 g/mol. The molecule has 0 spiro atoms. The Hall–Kier alpha value is -1.18. The van der Waals surface area contributed by atoms with Crippen LogP contribution in [0.2, 0.25) is 25.7 Å². The molecule has 4 rings (SSSR count). The van der Waals surface area contributed by atoms with E-state index in [1.165, 1.54) is 31.0 Å². The smallest absolute Gasteiger partial charge is 0.143 e. The maximum atomic E-state index is 13.3. The Labute approximate surface area is 164 Å². The number of ether oxygens (including phenoxy) is 1. The van der Waals surface area contributed by atoms with Gasteiger partial charge >= 0.3 is 0 Å². The lowest BCUT2D eigenvalue weighted by Gasteiger charge is -2.51. The summed E-state index contributed by atoms with van der Waals surface area (Å²) in [5.74, 6) is 0. The van der Waals surface area contributed by atoms with Gasteiger partial charge in [0.1, 0.15) is 12.4 Å². The third-order valence-corrected chi connectivity index (χ3v) is 10.2. The number of hydrogen-bond acceptors (Lipinski definition) is 3. The van der Waals surface area contributed by atoms with Crippen molar-refractivity contribution in [3.63, 3.8) is 0 Å². The average molecular weight is 408 g/mol. The van der Waals surface area contributed by atoms with Gasteiger partial charge < -0.3 is 13.6 Å². The minimum atomic E-state index is -2.44. The number of pyridine rings is 1. The zero-order valence-electron chi connectivity index (χ0n) is 17.1. The zero-order valence-corrected chi connectivity index (χ0v) is 19.0. The highest BCUT2D eigenvalue weighted by atomic mass is 32.3. The first-order valence-electron chi connectivity index (χ1n) is 10.2. The number of thiol groups is 1. The van der Waals surface area contributed by atoms with Crippen molar-refractivity contribution in [2.75, 3.05) is 17.2 Å². The number of hydrogen-bond donors (Lipinski definition) is 1. The Morgan fingerprint density at radius 3 is 2.70 bits per heavy atom. The molecule has 0 N–H and O–H groups in total. The van der Waals surface area contributed by atoms with Gasteiger partial charge in [-0.05, 0) is 35.1 Å². The van der Waals surface area contributed by atoms with Crippen LogP contribution in [0.15, 0.2) is 23.4 Å². The van der Waals surface area contributed by atoms with Crippen LogP contribution >= 0.6 is 0 Å². The maximum Gasteiger partial charge on any atom is 0.143 e. The summed E-state index contributed by atoms with van der Waals surface area (Å²) in [5.41, 5.74) is 2.11. The Kier molecular flexibility index (Phi) is 4.97. The van der Waals surface area contributed by atoms with E-state index in [1.807, 2.05) is 12.5 Å². The molecule has 1 fully saturated rings. The van der Waals surface area contributed by atoms with Gasteiger partial charge in [0.25, 0.3) is 0 Å². The third kappa shape index (κ3) is 3.49. The van der Waals surface area contributed by atoms with Gasteiger partial charge in [-0.3, -0.25) is 4.21 Å². The number of nitrogens with zero attached hydrogens (tertiary/aromatic N) is 3. The van der Waals surface area contributed by atoms with Crippen molar-refractivity contribution >= 4 is 34.9 Å². The molecular weight excluding hydrogens is 374 g/mol. The summed E-state index contributed by atoms with van der Waals surface area (Å²) in [6, 6.07) is 3.71. The molecule has 7 heteroatoms. The van der Waals surface area contributed by atoms with Crippen LogP contribution < -0.4 is 4.31 Å². The van der Waals surface area contributed by atoms with Crippen molar-refractivity contribution in [1.29, 1.82) is 0 Å². The van der Waals surface area contributed by atoms with Crippen LogP contribution in [0.3, 0.4) is 0 Å². The first kappa shape index (κ1) is 19.1. The predicted molar refractivity (Wildman–Crippen MR) is 117 cm³/mol. The molecule has 0 atom stereocenters. The van der Waals surface area contributed by atoms with Gasteiger partial charge in [0, 0.05) is 44.8 Å². The fraction of sp³-hybridized carbons (Fsp3) is 0.650. The van der Waals surface area contributed by atoms with Crippen molar-refractivity contribution in [3.8, 4) is 0 Å². The lowest BCUT2D eigenvalue weighted by atomic mass is 9.95. The Morgan fingerprint density at radius 2 is 2.00 bits per heavy atom. The summed E-state index contributed by atoms with van der Waals surface area (Å²) in [6.07, 6.45) is 11.9. The van der Waals surface area contributed by atoms with E-state index in [4.69, 9.17) is 4.74 Å². The van der Waals surface area contributed by atoms with E-state index in [1.54, 1.807) is 0 Å². The fourth-order valence-corrected chi connectivity index (χ4v) is 7.57. The molecule has 0 aromatic carbocycles. The summed E-state index contributed by atoms with van der Waals surface area (Å²) >= 11 is 0. The number of aromatic nitrogens is 2. The summed E-state index contributed by atoms with van der Waals surface area (Å²) in [4.78, 5) is 5.60. The van der Waals surface area contributed by atoms with Crippen LogP contribution in [0.1, 0.15) is 32.1 Å². The molecule has 1 saturated carbocycles. The highest BCUT2D eigenvalue weighted by Gasteiger charge is 2.43. The summed E-state index contributed by atoms with van der Waals surface area (Å²) in [6.45, 7) is 8.44. The fourth-order valence-electron chi connectivity index (χ4n) is 4.39. The minimum Gasteiger partial charge on any atom is -0.361 e. The molecular formula is C20H33N3O2SSi. The van der Waals surface area contributed by atoms with E-state index in [0.29, 0.717) is 12.8 Å². The quantitative estimate of drug-likeness (QED) is 0.438. The Balaban J connectivity index is 1.58. The van der Waals surface area contributed by atoms with Gasteiger partial charge in [0.15, 0.2) is 0 Å². The standard InChI is InChI=1S/C20H33N3O2SSi/c1-26(24)18-14-21-20-17(19(18)23(26)16-8-6-5-7-9-16)10-11-22(20)15-25-12-13-27(2,3)4/h10-11,14,16,26H,5-9,12-13,15H2,1-4H3. The molecule has 0 unspecified atom stereocenters. The SMILES string of the molecule is C[Si](C)(C)CCOCn1ccc2c3c(cnc21)[SH](C)(=O)N3C1CCCCC1. The van der Waals surface area contributed by atoms with Gasteiger partial charge in [-0.1, -0.05) is 38.9 Å². The molecule has 0 bridgehead atoms. The number of rotatable bonds is 6. The van der Waals surface area contributed by atoms with Gasteiger partial charge in [-0.15, -0.1) is 0 Å². The lowest BCUT2D eigenvalue weighted by molar-refractivity contribution is 0.0899. The summed E-state index contributed by atoms with van der Waals surface area (Å²) in [5, 5.41) is 1.13. The molecule has 2 aromatic rings. The number of anilines is 1. The highest BCUT2D eigenvalue weighted by Crippen LogP contribution is 2.50. The second-order valence-electron chi connectivity index (χ2n) is 9.38. The average Bonchev–Trinajstić information content (AvgIpc) is 3.01. The molecule has 3 heterocycles. The molecule has 0 radical (unpaired) electrons. The summed E-state index contributed by atoms with van der Waals surface area (Å²) < 4.78 is 23.6. The second-order valence-corrected chi connectivity index (χ2v) is 17.7. The van der Waals surface area contributed by atoms with Crippen molar-refractivity contribution in [3.05, 3.63) is 18.5 Å². The maximum absolute atomic E-state index is 13.3. The van der Waals surface area contributed by atoms with Gasteiger partial charge in [0.2, 0.25) is 0 Å². The third-order valence-electron chi connectivity index (χ3n) is 5.98. The van der Waals surface area contributed by atoms with Crippen LogP contribution in [-0.4, -0.2) is 40.7 Å².